The van der Waals surface area contributed by atoms with Crippen LogP contribution in [0.5, 0.6) is 5.75 Å². The second-order valence-corrected chi connectivity index (χ2v) is 8.38. The molecule has 0 saturated carbocycles. The Morgan fingerprint density at radius 2 is 1.71 bits per heavy atom. The summed E-state index contributed by atoms with van der Waals surface area (Å²) < 4.78 is 41.9. The number of anilines is 1. The Hall–Kier alpha value is -4.34. The van der Waals surface area contributed by atoms with Gasteiger partial charge in [0.15, 0.2) is 0 Å². The van der Waals surface area contributed by atoms with Crippen LogP contribution in [-0.4, -0.2) is 44.2 Å². The first-order valence-corrected chi connectivity index (χ1v) is 11.0. The van der Waals surface area contributed by atoms with Gasteiger partial charge in [-0.3, -0.25) is 9.45 Å². The number of hydrogen-bond donors (Lipinski definition) is 3. The highest BCUT2D eigenvalue weighted by Gasteiger charge is 2.43. The number of benzene rings is 2. The van der Waals surface area contributed by atoms with E-state index in [2.05, 4.69) is 0 Å². The van der Waals surface area contributed by atoms with Gasteiger partial charge >= 0.3 is 11.9 Å². The molecule has 176 valence electrons. The minimum Gasteiger partial charge on any atom is -0.506 e. The highest BCUT2D eigenvalue weighted by molar-refractivity contribution is 7.85. The molecule has 0 amide bonds. The summed E-state index contributed by atoms with van der Waals surface area (Å²) in [6.45, 7) is 0. The van der Waals surface area contributed by atoms with E-state index in [1.165, 1.54) is 0 Å². The summed E-state index contributed by atoms with van der Waals surface area (Å²) in [5, 5.41) is 20.5. The molecule has 0 bridgehead atoms. The molecule has 0 spiro atoms. The number of rotatable bonds is 5. The summed E-state index contributed by atoms with van der Waals surface area (Å²) in [5.74, 6) is -4.16. The number of ether oxygens (including phenoxy) is 2. The molecule has 0 saturated heterocycles. The van der Waals surface area contributed by atoms with Gasteiger partial charge in [0.05, 0.1) is 47.9 Å². The van der Waals surface area contributed by atoms with Crippen molar-refractivity contribution in [3.05, 3.63) is 76.8 Å². The Balaban J connectivity index is 2.42. The summed E-state index contributed by atoms with van der Waals surface area (Å²) in [6.07, 6.45) is 0. The molecule has 11 nitrogen and oxygen atoms in total. The normalized spacial score (nSPS) is 16.2. The van der Waals surface area contributed by atoms with Crippen molar-refractivity contribution in [2.24, 2.45) is 5.73 Å². The molecule has 0 aromatic heterocycles. The van der Waals surface area contributed by atoms with Crippen molar-refractivity contribution in [1.82, 2.24) is 0 Å². The van der Waals surface area contributed by atoms with Crippen LogP contribution in [0.25, 0.3) is 0 Å². The first-order valence-electron chi connectivity index (χ1n) is 9.52. The number of esters is 2. The van der Waals surface area contributed by atoms with Gasteiger partial charge in [0.2, 0.25) is 0 Å². The molecular weight excluding hydrogens is 466 g/mol. The maximum absolute atomic E-state index is 12.9. The van der Waals surface area contributed by atoms with Crippen molar-refractivity contribution in [2.75, 3.05) is 19.1 Å². The number of hydrogen-bond acceptors (Lipinski definition) is 10. The Kier molecular flexibility index (Phi) is 6.62. The van der Waals surface area contributed by atoms with Crippen LogP contribution in [0.2, 0.25) is 0 Å². The van der Waals surface area contributed by atoms with Crippen LogP contribution in [-0.2, 0) is 29.2 Å². The highest BCUT2D eigenvalue weighted by Crippen LogP contribution is 2.45. The van der Waals surface area contributed by atoms with Gasteiger partial charge in [-0.15, -0.1) is 0 Å². The number of nitrogens with two attached hydrogens (primary N) is 1. The number of nitrogens with zero attached hydrogens (tertiary/aromatic N) is 2. The quantitative estimate of drug-likeness (QED) is 0.413. The van der Waals surface area contributed by atoms with Crippen LogP contribution < -0.4 is 10.6 Å². The van der Waals surface area contributed by atoms with E-state index in [1.807, 2.05) is 6.07 Å². The van der Waals surface area contributed by atoms with Crippen LogP contribution >= 0.6 is 0 Å². The fraction of sp³-hybridized carbons (Fsp3) is 0.136. The molecule has 12 heteroatoms. The molecule has 2 aromatic carbocycles. The van der Waals surface area contributed by atoms with Crippen molar-refractivity contribution in [1.29, 1.82) is 5.26 Å². The number of phenols is 1. The zero-order valence-electron chi connectivity index (χ0n) is 17.9. The summed E-state index contributed by atoms with van der Waals surface area (Å²) in [6, 6.07) is 13.0. The number of allylic oxidation sites excluding steroid dienone is 1. The number of carbonyl (C=O) groups excluding carboxylic acids is 2. The number of nitriles is 1. The zero-order chi connectivity index (χ0) is 25.2. The van der Waals surface area contributed by atoms with E-state index in [0.29, 0.717) is 5.56 Å². The maximum atomic E-state index is 12.9. The third-order valence-corrected chi connectivity index (χ3v) is 5.95. The minimum absolute atomic E-state index is 0.141. The van der Waals surface area contributed by atoms with Crippen LogP contribution in [0, 0.1) is 11.3 Å². The average Bonchev–Trinajstić information content (AvgIpc) is 2.82. The van der Waals surface area contributed by atoms with Gasteiger partial charge in [0.25, 0.3) is 10.1 Å². The molecule has 34 heavy (non-hydrogen) atoms. The monoisotopic (exact) mass is 485 g/mol. The first-order chi connectivity index (χ1) is 16.1. The van der Waals surface area contributed by atoms with Gasteiger partial charge in [-0.2, -0.15) is 13.7 Å². The molecule has 2 aromatic rings. The van der Waals surface area contributed by atoms with Crippen molar-refractivity contribution < 1.29 is 37.1 Å². The standard InChI is InChI=1S/C22H19N3O8S/c1-32-21(27)18-17(12-6-4-3-5-7-12)14(11-23)20(24)25(19(18)22(28)33-2)15-9-8-13(10-16(15)26)34(29,30)31/h3-10,17,26H,24H2,1-2H3,(H,29,30,31). The first kappa shape index (κ1) is 24.3. The average molecular weight is 485 g/mol. The molecule has 0 radical (unpaired) electrons. The van der Waals surface area contributed by atoms with Crippen LogP contribution in [0.15, 0.2) is 76.1 Å². The minimum atomic E-state index is -4.66. The van der Waals surface area contributed by atoms with E-state index in [1.54, 1.807) is 30.3 Å². The topological polar surface area (TPSA) is 180 Å². The highest BCUT2D eigenvalue weighted by atomic mass is 32.2. The zero-order valence-corrected chi connectivity index (χ0v) is 18.7. The molecule has 3 rings (SSSR count). The van der Waals surface area contributed by atoms with Gasteiger partial charge < -0.3 is 20.3 Å². The Morgan fingerprint density at radius 1 is 1.09 bits per heavy atom. The lowest BCUT2D eigenvalue weighted by molar-refractivity contribution is -0.139. The molecule has 4 N–H and O–H groups in total. The second kappa shape index (κ2) is 9.26. The summed E-state index contributed by atoms with van der Waals surface area (Å²) >= 11 is 0. The molecule has 0 fully saturated rings. The summed E-state index contributed by atoms with van der Waals surface area (Å²) in [4.78, 5) is 26.1. The second-order valence-electron chi connectivity index (χ2n) is 6.96. The van der Waals surface area contributed by atoms with Gasteiger partial charge in [-0.25, -0.2) is 9.59 Å². The molecule has 0 aliphatic carbocycles. The number of phenolic OH excluding ortho intramolecular Hbond substituents is 1. The fourth-order valence-electron chi connectivity index (χ4n) is 3.62. The van der Waals surface area contributed by atoms with Crippen LogP contribution in [0.3, 0.4) is 0 Å². The Bertz CT molecular complexity index is 1370. The third-order valence-electron chi connectivity index (χ3n) is 5.10. The van der Waals surface area contributed by atoms with Crippen LogP contribution in [0.1, 0.15) is 11.5 Å². The molecule has 1 aliphatic rings. The van der Waals surface area contributed by atoms with E-state index in [0.717, 1.165) is 37.3 Å². The molecule has 1 heterocycles. The molecule has 1 atom stereocenters. The van der Waals surface area contributed by atoms with Gasteiger partial charge in [-0.1, -0.05) is 30.3 Å². The van der Waals surface area contributed by atoms with Crippen LogP contribution in [0.4, 0.5) is 5.69 Å². The Labute approximate surface area is 194 Å². The molecular formula is C22H19N3O8S. The SMILES string of the molecule is COC(=O)C1=C(C(=O)OC)N(c2ccc(S(=O)(=O)O)cc2O)C(N)=C(C#N)C1c1ccccc1. The van der Waals surface area contributed by atoms with E-state index in [9.17, 15) is 32.9 Å². The summed E-state index contributed by atoms with van der Waals surface area (Å²) in [5.41, 5.74) is 5.60. The van der Waals surface area contributed by atoms with Crippen molar-refractivity contribution in [3.8, 4) is 11.8 Å². The van der Waals surface area contributed by atoms with E-state index in [4.69, 9.17) is 15.2 Å². The number of methoxy groups -OCH3 is 2. The van der Waals surface area contributed by atoms with Crippen molar-refractivity contribution in [2.45, 2.75) is 10.8 Å². The summed E-state index contributed by atoms with van der Waals surface area (Å²) in [7, 11) is -2.52. The molecule has 1 aliphatic heterocycles. The molecule has 1 unspecified atom stereocenters. The predicted molar refractivity (Wildman–Crippen MR) is 117 cm³/mol. The fourth-order valence-corrected chi connectivity index (χ4v) is 4.12. The van der Waals surface area contributed by atoms with Gasteiger partial charge in [0, 0.05) is 6.07 Å². The van der Waals surface area contributed by atoms with E-state index < -0.39 is 44.3 Å². The largest absolute Gasteiger partial charge is 0.506 e. The van der Waals surface area contributed by atoms with Crippen molar-refractivity contribution in [3.63, 3.8) is 0 Å². The lowest BCUT2D eigenvalue weighted by atomic mass is 9.81. The van der Waals surface area contributed by atoms with Gasteiger partial charge in [-0.05, 0) is 17.7 Å². The maximum Gasteiger partial charge on any atom is 0.355 e. The lowest BCUT2D eigenvalue weighted by Gasteiger charge is -2.36. The predicted octanol–water partition coefficient (Wildman–Crippen LogP) is 1.54. The third kappa shape index (κ3) is 4.17. The Morgan fingerprint density at radius 3 is 2.21 bits per heavy atom. The smallest absolute Gasteiger partial charge is 0.355 e. The van der Waals surface area contributed by atoms with E-state index >= 15 is 0 Å². The van der Waals surface area contributed by atoms with Crippen molar-refractivity contribution >= 4 is 27.7 Å². The lowest BCUT2D eigenvalue weighted by Crippen LogP contribution is -2.40. The number of carbonyl (C=O) groups is 2. The van der Waals surface area contributed by atoms with E-state index in [-0.39, 0.29) is 22.7 Å². The van der Waals surface area contributed by atoms with Gasteiger partial charge in [0.1, 0.15) is 17.3 Å². The number of aromatic hydroxyl groups is 1.